The number of sulfonamides is 1. The summed E-state index contributed by atoms with van der Waals surface area (Å²) >= 11 is 0. The second kappa shape index (κ2) is 2.88. The molecule has 2 saturated heterocycles. The molecule has 3 aliphatic carbocycles. The van der Waals surface area contributed by atoms with Crippen molar-refractivity contribution < 1.29 is 17.9 Å². The Morgan fingerprint density at radius 3 is 2.55 bits per heavy atom. The fourth-order valence-electron chi connectivity index (χ4n) is 6.93. The van der Waals surface area contributed by atoms with E-state index in [1.54, 1.807) is 7.11 Å². The van der Waals surface area contributed by atoms with Crippen molar-refractivity contribution in [2.24, 2.45) is 39.4 Å². The van der Waals surface area contributed by atoms with Gasteiger partial charge in [-0.25, -0.2) is 8.42 Å². The van der Waals surface area contributed by atoms with E-state index >= 15 is 0 Å². The Balaban J connectivity index is 1.77. The average Bonchev–Trinajstić information content (AvgIpc) is 2.87. The lowest BCUT2D eigenvalue weighted by atomic mass is 9.46. The summed E-state index contributed by atoms with van der Waals surface area (Å²) in [5.41, 5.74) is 0.554. The molecule has 5 nitrogen and oxygen atoms in total. The van der Waals surface area contributed by atoms with Gasteiger partial charge in [0.25, 0.3) is 0 Å². The van der Waals surface area contributed by atoms with E-state index in [1.807, 2.05) is 0 Å². The third-order valence-electron chi connectivity index (χ3n) is 7.13. The second-order valence-electron chi connectivity index (χ2n) is 7.58. The van der Waals surface area contributed by atoms with Crippen molar-refractivity contribution >= 4 is 15.7 Å². The van der Waals surface area contributed by atoms with Gasteiger partial charge in [0.05, 0.1) is 24.1 Å². The van der Waals surface area contributed by atoms with Crippen molar-refractivity contribution in [3.05, 3.63) is 0 Å². The molecule has 5 rings (SSSR count). The molecule has 0 aromatic carbocycles. The average molecular weight is 297 g/mol. The normalized spacial score (nSPS) is 66.4. The smallest absolute Gasteiger partial charge is 0.250 e. The van der Waals surface area contributed by atoms with Gasteiger partial charge in [0.1, 0.15) is 0 Å². The van der Waals surface area contributed by atoms with Gasteiger partial charge in [-0.1, -0.05) is 6.92 Å². The first-order valence-corrected chi connectivity index (χ1v) is 9.11. The van der Waals surface area contributed by atoms with Crippen LogP contribution in [0.1, 0.15) is 13.8 Å². The molecule has 6 heteroatoms. The highest BCUT2D eigenvalue weighted by Crippen LogP contribution is 2.84. The molecule has 0 radical (unpaired) electrons. The summed E-state index contributed by atoms with van der Waals surface area (Å²) < 4.78 is 39.7. The molecule has 9 atom stereocenters. The fraction of sp³-hybridized carbons (Fsp3) is 0.929. The van der Waals surface area contributed by atoms with Crippen LogP contribution in [0, 0.1) is 35.0 Å². The third kappa shape index (κ3) is 0.887. The Labute approximate surface area is 118 Å². The standard InChI is InChI=1S/C14H19NO4S/c1-13-7-5-9-8(14(2,18-3)11(5)13)6(10(7)19-9)12(13)15-20(4,16)17/h5-11H,1-4H3/b15-12-/t5-,6+,7-,8+,9+,10+,11-,13-,14-/m0/s1. The zero-order valence-corrected chi connectivity index (χ0v) is 12.8. The van der Waals surface area contributed by atoms with Crippen molar-refractivity contribution in [3.8, 4) is 0 Å². The van der Waals surface area contributed by atoms with Gasteiger partial charge in [0.15, 0.2) is 0 Å². The zero-order chi connectivity index (χ0) is 14.2. The number of rotatable bonds is 2. The molecular formula is C14H19NO4S. The molecule has 0 unspecified atom stereocenters. The molecular weight excluding hydrogens is 278 g/mol. The van der Waals surface area contributed by atoms with Crippen LogP contribution in [-0.2, 0) is 19.5 Å². The van der Waals surface area contributed by atoms with Gasteiger partial charge in [-0.2, -0.15) is 4.40 Å². The summed E-state index contributed by atoms with van der Waals surface area (Å²) in [5, 5.41) is 0. The fourth-order valence-corrected chi connectivity index (χ4v) is 7.61. The number of hydrogen-bond acceptors (Lipinski definition) is 4. The molecule has 5 fully saturated rings. The summed E-state index contributed by atoms with van der Waals surface area (Å²) in [5.74, 6) is 1.77. The molecule has 2 aliphatic heterocycles. The number of nitrogens with zero attached hydrogens (tertiary/aromatic N) is 1. The summed E-state index contributed by atoms with van der Waals surface area (Å²) in [6, 6.07) is 0. The molecule has 0 spiro atoms. The van der Waals surface area contributed by atoms with Gasteiger partial charge < -0.3 is 9.47 Å². The Hall–Kier alpha value is -0.460. The molecule has 0 amide bonds. The van der Waals surface area contributed by atoms with Gasteiger partial charge in [-0.3, -0.25) is 0 Å². The molecule has 0 N–H and O–H groups in total. The van der Waals surface area contributed by atoms with E-state index in [9.17, 15) is 8.42 Å². The Morgan fingerprint density at radius 1 is 1.25 bits per heavy atom. The minimum Gasteiger partial charge on any atom is -0.378 e. The molecule has 110 valence electrons. The van der Waals surface area contributed by atoms with Crippen LogP contribution in [0.4, 0.5) is 0 Å². The van der Waals surface area contributed by atoms with Crippen LogP contribution in [0.2, 0.25) is 0 Å². The van der Waals surface area contributed by atoms with Gasteiger partial charge in [-0.15, -0.1) is 0 Å². The van der Waals surface area contributed by atoms with Crippen molar-refractivity contribution in [3.63, 3.8) is 0 Å². The molecule has 3 saturated carbocycles. The number of methoxy groups -OCH3 is 1. The maximum Gasteiger partial charge on any atom is 0.250 e. The van der Waals surface area contributed by atoms with Crippen LogP contribution in [0.5, 0.6) is 0 Å². The summed E-state index contributed by atoms with van der Waals surface area (Å²) in [4.78, 5) is 0. The highest BCUT2D eigenvalue weighted by molar-refractivity contribution is 7.89. The first-order valence-electron chi connectivity index (χ1n) is 7.26. The van der Waals surface area contributed by atoms with Crippen LogP contribution >= 0.6 is 0 Å². The molecule has 0 aromatic rings. The van der Waals surface area contributed by atoms with Crippen LogP contribution in [0.3, 0.4) is 0 Å². The van der Waals surface area contributed by atoms with E-state index < -0.39 is 10.0 Å². The SMILES string of the molecule is CO[C@@]1(C)[C@H]2[C@@H]3O[C@@H]4[C@@H]2/C(=N/S(C)(=O)=O)[C@@]2(C)[C@H]4[C@@H]3[C@H]12. The van der Waals surface area contributed by atoms with E-state index in [0.717, 1.165) is 5.71 Å². The summed E-state index contributed by atoms with van der Waals surface area (Å²) in [6.45, 7) is 4.37. The van der Waals surface area contributed by atoms with Gasteiger partial charge in [0, 0.05) is 41.9 Å². The van der Waals surface area contributed by atoms with Crippen LogP contribution in [0.15, 0.2) is 4.40 Å². The summed E-state index contributed by atoms with van der Waals surface area (Å²) in [7, 11) is -1.57. The van der Waals surface area contributed by atoms with E-state index in [1.165, 1.54) is 6.26 Å². The van der Waals surface area contributed by atoms with Crippen LogP contribution in [-0.4, -0.2) is 45.3 Å². The van der Waals surface area contributed by atoms with Crippen molar-refractivity contribution in [1.82, 2.24) is 0 Å². The first kappa shape index (κ1) is 12.1. The third-order valence-corrected chi connectivity index (χ3v) is 7.66. The minimum atomic E-state index is -3.35. The van der Waals surface area contributed by atoms with E-state index in [2.05, 4.69) is 18.2 Å². The van der Waals surface area contributed by atoms with Crippen LogP contribution in [0.25, 0.3) is 0 Å². The highest BCUT2D eigenvalue weighted by Gasteiger charge is 2.91. The number of fused-ring (bicyclic) bond motifs is 2. The van der Waals surface area contributed by atoms with Gasteiger partial charge in [-0.05, 0) is 12.8 Å². The van der Waals surface area contributed by atoms with Crippen molar-refractivity contribution in [2.75, 3.05) is 13.4 Å². The predicted octanol–water partition coefficient (Wildman–Crippen LogP) is 0.701. The predicted molar refractivity (Wildman–Crippen MR) is 71.9 cm³/mol. The van der Waals surface area contributed by atoms with E-state index in [4.69, 9.17) is 9.47 Å². The maximum atomic E-state index is 11.7. The monoisotopic (exact) mass is 297 g/mol. The topological polar surface area (TPSA) is 65.0 Å². The second-order valence-corrected chi connectivity index (χ2v) is 9.23. The van der Waals surface area contributed by atoms with Crippen molar-refractivity contribution in [2.45, 2.75) is 31.7 Å². The highest BCUT2D eigenvalue weighted by atomic mass is 32.2. The largest absolute Gasteiger partial charge is 0.378 e. The number of ether oxygens (including phenoxy) is 2. The molecule has 2 heterocycles. The molecule has 20 heavy (non-hydrogen) atoms. The van der Waals surface area contributed by atoms with E-state index in [0.29, 0.717) is 17.8 Å². The Morgan fingerprint density at radius 2 is 1.95 bits per heavy atom. The lowest BCUT2D eigenvalue weighted by Gasteiger charge is -2.58. The molecule has 0 aromatic heterocycles. The van der Waals surface area contributed by atoms with Crippen LogP contribution < -0.4 is 0 Å². The lowest BCUT2D eigenvalue weighted by molar-refractivity contribution is -0.147. The molecule has 2 bridgehead atoms. The Bertz CT molecular complexity index is 673. The quantitative estimate of drug-likeness (QED) is 0.752. The van der Waals surface area contributed by atoms with E-state index in [-0.39, 0.29) is 35.1 Å². The minimum absolute atomic E-state index is 0.143. The maximum absolute atomic E-state index is 11.7. The van der Waals surface area contributed by atoms with Gasteiger partial charge >= 0.3 is 0 Å². The first-order chi connectivity index (χ1) is 9.25. The molecule has 5 aliphatic rings. The van der Waals surface area contributed by atoms with Gasteiger partial charge in [0.2, 0.25) is 10.0 Å². The zero-order valence-electron chi connectivity index (χ0n) is 12.0. The van der Waals surface area contributed by atoms with Crippen molar-refractivity contribution in [1.29, 1.82) is 0 Å². The lowest BCUT2D eigenvalue weighted by Crippen LogP contribution is -2.63. The number of hydrogen-bond donors (Lipinski definition) is 0. The Kier molecular flexibility index (Phi) is 1.74. The summed E-state index contributed by atoms with van der Waals surface area (Å²) in [6.07, 6.45) is 1.62.